The van der Waals surface area contributed by atoms with Crippen molar-refractivity contribution in [2.45, 2.75) is 86.5 Å². The maximum atomic E-state index is 11.3. The van der Waals surface area contributed by atoms with Gasteiger partial charge in [0.15, 0.2) is 0 Å². The number of carbonyl (C=O) groups excluding carboxylic acids is 1. The Morgan fingerprint density at radius 2 is 1.17 bits per heavy atom. The second-order valence-electron chi connectivity index (χ2n) is 7.61. The maximum Gasteiger partial charge on any atom is 0.145 e. The maximum absolute atomic E-state index is 11.3. The Morgan fingerprint density at radius 1 is 0.739 bits per heavy atom. The Labute approximate surface area is 144 Å². The molecule has 0 aliphatic carbocycles. The van der Waals surface area contributed by atoms with E-state index in [9.17, 15) is 4.79 Å². The fraction of sp³-hybridized carbons (Fsp3) is 0.682. The Bertz CT molecular complexity index is 404. The number of allylic oxidation sites excluding steroid dienone is 6. The average Bonchev–Trinajstić information content (AvgIpc) is 2.45. The minimum absolute atomic E-state index is 0.581. The molecule has 0 saturated carbocycles. The van der Waals surface area contributed by atoms with Crippen molar-refractivity contribution in [3.05, 3.63) is 34.9 Å². The van der Waals surface area contributed by atoms with Crippen molar-refractivity contribution in [3.63, 3.8) is 0 Å². The number of rotatable bonds is 12. The van der Waals surface area contributed by atoms with Gasteiger partial charge < -0.3 is 0 Å². The van der Waals surface area contributed by atoms with Crippen LogP contribution in [0.4, 0.5) is 0 Å². The third-order valence-electron chi connectivity index (χ3n) is 4.23. The number of hydrogen-bond acceptors (Lipinski definition) is 1. The Morgan fingerprint density at radius 3 is 1.61 bits per heavy atom. The van der Waals surface area contributed by atoms with Gasteiger partial charge in [-0.05, 0) is 90.0 Å². The minimum atomic E-state index is 0.581. The topological polar surface area (TPSA) is 17.1 Å². The van der Waals surface area contributed by atoms with Gasteiger partial charge in [0.1, 0.15) is 6.29 Å². The summed E-state index contributed by atoms with van der Waals surface area (Å²) in [6, 6.07) is 0. The third-order valence-corrected chi connectivity index (χ3v) is 4.23. The molecule has 0 saturated heterocycles. The van der Waals surface area contributed by atoms with Crippen LogP contribution in [0.1, 0.15) is 86.5 Å². The molecule has 0 aromatic carbocycles. The molecule has 0 aromatic rings. The van der Waals surface area contributed by atoms with E-state index >= 15 is 0 Å². The molecule has 2 atom stereocenters. The van der Waals surface area contributed by atoms with Crippen LogP contribution in [0.5, 0.6) is 0 Å². The zero-order valence-corrected chi connectivity index (χ0v) is 16.3. The monoisotopic (exact) mass is 318 g/mol. The van der Waals surface area contributed by atoms with E-state index in [1.54, 1.807) is 0 Å². The highest BCUT2D eigenvalue weighted by Crippen LogP contribution is 2.19. The van der Waals surface area contributed by atoms with Crippen LogP contribution < -0.4 is 0 Å². The highest BCUT2D eigenvalue weighted by atomic mass is 16.1. The molecule has 2 unspecified atom stereocenters. The second-order valence-corrected chi connectivity index (χ2v) is 7.61. The summed E-state index contributed by atoms with van der Waals surface area (Å²) in [7, 11) is 0. The largest absolute Gasteiger partial charge is 0.298 e. The molecule has 1 heteroatoms. The molecule has 0 rings (SSSR count). The predicted octanol–water partition coefficient (Wildman–Crippen LogP) is 7.05. The van der Waals surface area contributed by atoms with Crippen molar-refractivity contribution >= 4 is 6.29 Å². The molecule has 0 radical (unpaired) electrons. The van der Waals surface area contributed by atoms with Crippen LogP contribution in [-0.4, -0.2) is 6.29 Å². The summed E-state index contributed by atoms with van der Waals surface area (Å²) in [5.41, 5.74) is 3.78. The summed E-state index contributed by atoms with van der Waals surface area (Å²) < 4.78 is 0. The van der Waals surface area contributed by atoms with Crippen molar-refractivity contribution in [2.75, 3.05) is 0 Å². The molecule has 0 aliphatic rings. The van der Waals surface area contributed by atoms with Gasteiger partial charge in [0, 0.05) is 0 Å². The van der Waals surface area contributed by atoms with Gasteiger partial charge in [-0.25, -0.2) is 0 Å². The Kier molecular flexibility index (Phi) is 12.7. The summed E-state index contributed by atoms with van der Waals surface area (Å²) in [6.07, 6.45) is 15.7. The van der Waals surface area contributed by atoms with Gasteiger partial charge in [0.2, 0.25) is 0 Å². The van der Waals surface area contributed by atoms with Crippen LogP contribution in [-0.2, 0) is 4.79 Å². The summed E-state index contributed by atoms with van der Waals surface area (Å²) in [5, 5.41) is 0. The molecule has 132 valence electrons. The molecule has 0 N–H and O–H groups in total. The lowest BCUT2D eigenvalue weighted by Gasteiger charge is -2.11. The molecular weight excluding hydrogens is 280 g/mol. The quantitative estimate of drug-likeness (QED) is 0.214. The van der Waals surface area contributed by atoms with Gasteiger partial charge in [-0.2, -0.15) is 0 Å². The molecular formula is C22H38O. The van der Waals surface area contributed by atoms with Crippen LogP contribution in [0, 0.1) is 11.8 Å². The van der Waals surface area contributed by atoms with Gasteiger partial charge in [-0.1, -0.05) is 43.2 Å². The molecule has 0 bridgehead atoms. The first kappa shape index (κ1) is 21.9. The predicted molar refractivity (Wildman–Crippen MR) is 104 cm³/mol. The second kappa shape index (κ2) is 13.3. The fourth-order valence-corrected chi connectivity index (χ4v) is 2.69. The molecule has 0 spiro atoms. The lowest BCUT2D eigenvalue weighted by atomic mass is 9.94. The SMILES string of the molecule is CC(C)=CCCC(C)CC/C=C(/C=O)CC(C)CCC=C(C)C. The summed E-state index contributed by atoms with van der Waals surface area (Å²) in [6.45, 7) is 13.2. The van der Waals surface area contributed by atoms with Gasteiger partial charge >= 0.3 is 0 Å². The van der Waals surface area contributed by atoms with Crippen LogP contribution >= 0.6 is 0 Å². The third kappa shape index (κ3) is 14.2. The van der Waals surface area contributed by atoms with Crippen molar-refractivity contribution in [1.29, 1.82) is 0 Å². The highest BCUT2D eigenvalue weighted by molar-refractivity contribution is 5.73. The summed E-state index contributed by atoms with van der Waals surface area (Å²) >= 11 is 0. The van der Waals surface area contributed by atoms with Crippen LogP contribution in [0.25, 0.3) is 0 Å². The number of hydrogen-bond donors (Lipinski definition) is 0. The van der Waals surface area contributed by atoms with E-state index in [1.165, 1.54) is 30.4 Å². The molecule has 0 fully saturated rings. The summed E-state index contributed by atoms with van der Waals surface area (Å²) in [5.74, 6) is 1.31. The van der Waals surface area contributed by atoms with Crippen molar-refractivity contribution in [1.82, 2.24) is 0 Å². The highest BCUT2D eigenvalue weighted by Gasteiger charge is 2.06. The first-order valence-electron chi connectivity index (χ1n) is 9.26. The number of aldehydes is 1. The minimum Gasteiger partial charge on any atom is -0.298 e. The molecule has 0 aliphatic heterocycles. The normalized spacial score (nSPS) is 14.1. The van der Waals surface area contributed by atoms with Crippen LogP contribution in [0.2, 0.25) is 0 Å². The molecule has 1 nitrogen and oxygen atoms in total. The fourth-order valence-electron chi connectivity index (χ4n) is 2.69. The smallest absolute Gasteiger partial charge is 0.145 e. The van der Waals surface area contributed by atoms with Gasteiger partial charge in [-0.15, -0.1) is 0 Å². The first-order valence-corrected chi connectivity index (χ1v) is 9.26. The molecule has 0 amide bonds. The van der Waals surface area contributed by atoms with E-state index in [0.717, 1.165) is 43.5 Å². The van der Waals surface area contributed by atoms with Crippen LogP contribution in [0.3, 0.4) is 0 Å². The molecule has 0 heterocycles. The van der Waals surface area contributed by atoms with Crippen LogP contribution in [0.15, 0.2) is 34.9 Å². The van der Waals surface area contributed by atoms with E-state index < -0.39 is 0 Å². The Hall–Kier alpha value is -1.11. The van der Waals surface area contributed by atoms with Gasteiger partial charge in [0.05, 0.1) is 0 Å². The van der Waals surface area contributed by atoms with E-state index in [4.69, 9.17) is 0 Å². The van der Waals surface area contributed by atoms with Gasteiger partial charge in [0.25, 0.3) is 0 Å². The molecule has 0 aromatic heterocycles. The van der Waals surface area contributed by atoms with Gasteiger partial charge in [-0.3, -0.25) is 4.79 Å². The Balaban J connectivity index is 4.09. The lowest BCUT2D eigenvalue weighted by molar-refractivity contribution is -0.105. The van der Waals surface area contributed by atoms with E-state index in [1.807, 2.05) is 0 Å². The van der Waals surface area contributed by atoms with Crippen molar-refractivity contribution in [2.24, 2.45) is 11.8 Å². The van der Waals surface area contributed by atoms with Crippen molar-refractivity contribution < 1.29 is 4.79 Å². The summed E-state index contributed by atoms with van der Waals surface area (Å²) in [4.78, 5) is 11.3. The zero-order chi connectivity index (χ0) is 17.7. The zero-order valence-electron chi connectivity index (χ0n) is 16.3. The lowest BCUT2D eigenvalue weighted by Crippen LogP contribution is -1.99. The first-order chi connectivity index (χ1) is 10.8. The van der Waals surface area contributed by atoms with E-state index in [0.29, 0.717) is 5.92 Å². The van der Waals surface area contributed by atoms with Crippen molar-refractivity contribution in [3.8, 4) is 0 Å². The van der Waals surface area contributed by atoms with E-state index in [-0.39, 0.29) is 0 Å². The number of carbonyl (C=O) groups is 1. The van der Waals surface area contributed by atoms with E-state index in [2.05, 4.69) is 59.8 Å². The molecule has 23 heavy (non-hydrogen) atoms. The average molecular weight is 319 g/mol. The standard InChI is InChI=1S/C22H38O/c1-18(2)10-7-12-20(5)13-9-15-22(17-23)16-21(6)14-8-11-19(3)4/h10-11,15,17,20-21H,7-9,12-14,16H2,1-6H3/b22-15+.